The van der Waals surface area contributed by atoms with Gasteiger partial charge in [-0.3, -0.25) is 9.78 Å². The van der Waals surface area contributed by atoms with Crippen molar-refractivity contribution in [3.63, 3.8) is 0 Å². The van der Waals surface area contributed by atoms with E-state index in [4.69, 9.17) is 0 Å². The van der Waals surface area contributed by atoms with Gasteiger partial charge in [0.05, 0.1) is 15.1 Å². The first-order chi connectivity index (χ1) is 10.0. The van der Waals surface area contributed by atoms with Crippen LogP contribution in [0.15, 0.2) is 52.4 Å². The molecule has 0 saturated carbocycles. The second kappa shape index (κ2) is 5.40. The van der Waals surface area contributed by atoms with Crippen molar-refractivity contribution in [2.24, 2.45) is 0 Å². The van der Waals surface area contributed by atoms with Crippen LogP contribution in [-0.4, -0.2) is 18.4 Å². The molecular formula is C13H11N3O3S2. The molecule has 3 rings (SSSR count). The van der Waals surface area contributed by atoms with Crippen LogP contribution in [0.1, 0.15) is 5.56 Å². The zero-order chi connectivity index (χ0) is 14.9. The second-order valence-electron chi connectivity index (χ2n) is 4.36. The Bertz CT molecular complexity index is 930. The summed E-state index contributed by atoms with van der Waals surface area (Å²) in [6.07, 6.45) is 3.23. The van der Waals surface area contributed by atoms with Crippen molar-refractivity contribution >= 4 is 31.6 Å². The Morgan fingerprint density at radius 1 is 1.29 bits per heavy atom. The zero-order valence-corrected chi connectivity index (χ0v) is 12.4. The number of thiazole rings is 1. The van der Waals surface area contributed by atoms with Crippen molar-refractivity contribution in [2.75, 3.05) is 0 Å². The Kier molecular flexibility index (Phi) is 3.58. The number of aromatic nitrogens is 2. The van der Waals surface area contributed by atoms with Gasteiger partial charge in [-0.1, -0.05) is 17.4 Å². The number of aromatic amines is 1. The van der Waals surface area contributed by atoms with E-state index in [1.165, 1.54) is 12.1 Å². The number of fused-ring (bicyclic) bond motifs is 1. The quantitative estimate of drug-likeness (QED) is 0.761. The predicted octanol–water partition coefficient (Wildman–Crippen LogP) is 1.46. The van der Waals surface area contributed by atoms with Crippen LogP contribution in [0.25, 0.3) is 10.2 Å². The zero-order valence-electron chi connectivity index (χ0n) is 10.7. The fourth-order valence-electron chi connectivity index (χ4n) is 1.86. The number of rotatable bonds is 4. The summed E-state index contributed by atoms with van der Waals surface area (Å²) in [5, 5.41) is 0. The van der Waals surface area contributed by atoms with Gasteiger partial charge in [0.2, 0.25) is 10.0 Å². The van der Waals surface area contributed by atoms with Gasteiger partial charge in [0, 0.05) is 18.9 Å². The smallest absolute Gasteiger partial charge is 0.305 e. The molecule has 0 radical (unpaired) electrons. The molecule has 0 spiro atoms. The lowest BCUT2D eigenvalue weighted by molar-refractivity contribution is 0.581. The fourth-order valence-corrected chi connectivity index (χ4v) is 3.75. The third-order valence-corrected chi connectivity index (χ3v) is 5.14. The van der Waals surface area contributed by atoms with Crippen LogP contribution in [-0.2, 0) is 16.6 Å². The van der Waals surface area contributed by atoms with Crippen LogP contribution >= 0.6 is 11.3 Å². The molecule has 0 bridgehead atoms. The van der Waals surface area contributed by atoms with E-state index in [2.05, 4.69) is 14.7 Å². The van der Waals surface area contributed by atoms with E-state index in [0.29, 0.717) is 10.2 Å². The number of sulfonamides is 1. The Morgan fingerprint density at radius 3 is 2.90 bits per heavy atom. The molecule has 2 N–H and O–H groups in total. The molecule has 2 heterocycles. The number of hydrogen-bond acceptors (Lipinski definition) is 5. The van der Waals surface area contributed by atoms with Crippen LogP contribution < -0.4 is 9.60 Å². The van der Waals surface area contributed by atoms with Gasteiger partial charge in [0.1, 0.15) is 0 Å². The number of nitrogens with zero attached hydrogens (tertiary/aromatic N) is 1. The summed E-state index contributed by atoms with van der Waals surface area (Å²) in [5.74, 6) is 0. The van der Waals surface area contributed by atoms with Gasteiger partial charge in [-0.05, 0) is 29.8 Å². The highest BCUT2D eigenvalue weighted by molar-refractivity contribution is 7.89. The molecule has 0 saturated heterocycles. The van der Waals surface area contributed by atoms with Crippen LogP contribution in [0.5, 0.6) is 0 Å². The molecule has 0 unspecified atom stereocenters. The molecule has 0 fully saturated rings. The van der Waals surface area contributed by atoms with E-state index in [1.54, 1.807) is 30.6 Å². The van der Waals surface area contributed by atoms with E-state index < -0.39 is 10.0 Å². The maximum absolute atomic E-state index is 12.2. The van der Waals surface area contributed by atoms with Gasteiger partial charge in [-0.15, -0.1) is 0 Å². The van der Waals surface area contributed by atoms with Crippen LogP contribution in [0.4, 0.5) is 0 Å². The van der Waals surface area contributed by atoms with Gasteiger partial charge in [-0.2, -0.15) is 0 Å². The Hall–Kier alpha value is -2.03. The molecule has 108 valence electrons. The monoisotopic (exact) mass is 321 g/mol. The van der Waals surface area contributed by atoms with Crippen molar-refractivity contribution in [3.05, 3.63) is 58.0 Å². The number of hydrogen-bond donors (Lipinski definition) is 2. The van der Waals surface area contributed by atoms with E-state index in [9.17, 15) is 13.2 Å². The number of benzene rings is 1. The lowest BCUT2D eigenvalue weighted by Gasteiger charge is -2.06. The number of pyridine rings is 1. The van der Waals surface area contributed by atoms with Gasteiger partial charge >= 0.3 is 4.87 Å². The van der Waals surface area contributed by atoms with Crippen molar-refractivity contribution < 1.29 is 8.42 Å². The Labute approximate surface area is 124 Å². The van der Waals surface area contributed by atoms with Gasteiger partial charge in [-0.25, -0.2) is 13.1 Å². The van der Waals surface area contributed by atoms with Crippen molar-refractivity contribution in [1.29, 1.82) is 0 Å². The number of nitrogens with one attached hydrogen (secondary N) is 2. The van der Waals surface area contributed by atoms with Crippen molar-refractivity contribution in [3.8, 4) is 0 Å². The minimum atomic E-state index is -3.63. The van der Waals surface area contributed by atoms with E-state index in [0.717, 1.165) is 16.9 Å². The summed E-state index contributed by atoms with van der Waals surface area (Å²) in [6.45, 7) is 0.164. The summed E-state index contributed by atoms with van der Waals surface area (Å²) in [6, 6.07) is 8.08. The lowest BCUT2D eigenvalue weighted by atomic mass is 10.3. The summed E-state index contributed by atoms with van der Waals surface area (Å²) in [5.41, 5.74) is 1.41. The highest BCUT2D eigenvalue weighted by Crippen LogP contribution is 2.19. The fraction of sp³-hybridized carbons (Fsp3) is 0.0769. The Morgan fingerprint density at radius 2 is 2.14 bits per heavy atom. The van der Waals surface area contributed by atoms with Crippen molar-refractivity contribution in [2.45, 2.75) is 11.4 Å². The highest BCUT2D eigenvalue weighted by Gasteiger charge is 2.15. The molecule has 21 heavy (non-hydrogen) atoms. The normalized spacial score (nSPS) is 11.8. The molecule has 0 aliphatic carbocycles. The van der Waals surface area contributed by atoms with Gasteiger partial charge < -0.3 is 4.98 Å². The molecular weight excluding hydrogens is 310 g/mol. The molecule has 6 nitrogen and oxygen atoms in total. The first-order valence-corrected chi connectivity index (χ1v) is 8.36. The molecule has 8 heteroatoms. The minimum absolute atomic E-state index is 0.133. The average molecular weight is 321 g/mol. The summed E-state index contributed by atoms with van der Waals surface area (Å²) in [7, 11) is -3.63. The molecule has 0 amide bonds. The molecule has 2 aromatic heterocycles. The first-order valence-electron chi connectivity index (χ1n) is 6.06. The largest absolute Gasteiger partial charge is 0.312 e. The van der Waals surface area contributed by atoms with E-state index >= 15 is 0 Å². The average Bonchev–Trinajstić information content (AvgIpc) is 2.85. The standard InChI is InChI=1S/C13H11N3O3S2/c17-13-16-11-4-3-10(6-12(11)20-13)21(18,19)15-8-9-2-1-5-14-7-9/h1-7,15H,8H2,(H,16,17). The molecule has 0 aliphatic heterocycles. The highest BCUT2D eigenvalue weighted by atomic mass is 32.2. The molecule has 3 aromatic rings. The van der Waals surface area contributed by atoms with Crippen LogP contribution in [0.2, 0.25) is 0 Å². The molecule has 1 aromatic carbocycles. The summed E-state index contributed by atoms with van der Waals surface area (Å²) < 4.78 is 27.6. The lowest BCUT2D eigenvalue weighted by Crippen LogP contribution is -2.23. The maximum atomic E-state index is 12.2. The Balaban J connectivity index is 1.87. The van der Waals surface area contributed by atoms with E-state index in [1.807, 2.05) is 0 Å². The van der Waals surface area contributed by atoms with Gasteiger partial charge in [0.25, 0.3) is 0 Å². The summed E-state index contributed by atoms with van der Waals surface area (Å²) >= 11 is 0.984. The number of H-pyrrole nitrogens is 1. The van der Waals surface area contributed by atoms with Gasteiger partial charge in [0.15, 0.2) is 0 Å². The maximum Gasteiger partial charge on any atom is 0.305 e. The van der Waals surface area contributed by atoms with Crippen LogP contribution in [0, 0.1) is 0 Å². The molecule has 0 atom stereocenters. The van der Waals surface area contributed by atoms with Crippen LogP contribution in [0.3, 0.4) is 0 Å². The third kappa shape index (κ3) is 3.02. The SMILES string of the molecule is O=c1[nH]c2ccc(S(=O)(=O)NCc3cccnc3)cc2s1. The topological polar surface area (TPSA) is 91.9 Å². The second-order valence-corrected chi connectivity index (χ2v) is 7.14. The summed E-state index contributed by atoms with van der Waals surface area (Å²) in [4.78, 5) is 17.7. The predicted molar refractivity (Wildman–Crippen MR) is 80.7 cm³/mol. The minimum Gasteiger partial charge on any atom is -0.312 e. The van der Waals surface area contributed by atoms with E-state index in [-0.39, 0.29) is 16.3 Å². The first kappa shape index (κ1) is 13.9. The third-order valence-electron chi connectivity index (χ3n) is 2.89. The van der Waals surface area contributed by atoms with Crippen molar-refractivity contribution in [1.82, 2.24) is 14.7 Å². The molecule has 0 aliphatic rings.